The topological polar surface area (TPSA) is 42.4 Å². The van der Waals surface area contributed by atoms with Gasteiger partial charge in [0, 0.05) is 17.3 Å². The van der Waals surface area contributed by atoms with Crippen LogP contribution in [0.4, 0.5) is 0 Å². The monoisotopic (exact) mass is 372 g/mol. The summed E-state index contributed by atoms with van der Waals surface area (Å²) in [5.74, 6) is 1.40. The molecule has 1 amide bonds. The number of para-hydroxylation sites is 1. The summed E-state index contributed by atoms with van der Waals surface area (Å²) in [6, 6.07) is 8.19. The molecule has 2 aromatic rings. The van der Waals surface area contributed by atoms with E-state index >= 15 is 0 Å². The molecule has 1 aliphatic carbocycles. The third-order valence-electron chi connectivity index (χ3n) is 4.99. The maximum atomic E-state index is 12.8. The van der Waals surface area contributed by atoms with Gasteiger partial charge in [0.25, 0.3) is 0 Å². The number of carbonyl (C=O) groups excluding carboxylic acids is 1. The number of benzene rings is 1. The molecule has 1 aromatic carbocycles. The van der Waals surface area contributed by atoms with Gasteiger partial charge in [0.05, 0.1) is 12.2 Å². The van der Waals surface area contributed by atoms with Crippen LogP contribution < -0.4 is 4.74 Å². The predicted octanol–water partition coefficient (Wildman–Crippen LogP) is 4.96. The van der Waals surface area contributed by atoms with Crippen LogP contribution in [0.25, 0.3) is 0 Å². The first kappa shape index (κ1) is 18.9. The van der Waals surface area contributed by atoms with Crippen LogP contribution in [0.3, 0.4) is 0 Å². The first-order chi connectivity index (χ1) is 12.5. The van der Waals surface area contributed by atoms with Crippen LogP contribution >= 0.6 is 11.3 Å². The number of hydrogen-bond acceptors (Lipinski definition) is 4. The Morgan fingerprint density at radius 3 is 2.73 bits per heavy atom. The minimum absolute atomic E-state index is 0.191. The summed E-state index contributed by atoms with van der Waals surface area (Å²) in [5.41, 5.74) is 2.08. The fraction of sp³-hybridized carbons (Fsp3) is 0.524. The van der Waals surface area contributed by atoms with Crippen molar-refractivity contribution in [2.45, 2.75) is 65.6 Å². The molecule has 0 spiro atoms. The van der Waals surface area contributed by atoms with Crippen LogP contribution in [0.15, 0.2) is 29.6 Å². The van der Waals surface area contributed by atoms with Crippen molar-refractivity contribution in [2.75, 3.05) is 0 Å². The van der Waals surface area contributed by atoms with Crippen LogP contribution in [0.1, 0.15) is 55.8 Å². The molecule has 1 aromatic heterocycles. The third-order valence-corrected chi connectivity index (χ3v) is 5.86. The Balaban J connectivity index is 1.60. The lowest BCUT2D eigenvalue weighted by Crippen LogP contribution is -2.39. The molecule has 0 atom stereocenters. The second-order valence-corrected chi connectivity index (χ2v) is 8.27. The number of amides is 1. The van der Waals surface area contributed by atoms with Crippen LogP contribution in [0.2, 0.25) is 0 Å². The van der Waals surface area contributed by atoms with Gasteiger partial charge in [-0.05, 0) is 45.2 Å². The molecule has 1 heterocycles. The zero-order valence-electron chi connectivity index (χ0n) is 15.9. The van der Waals surface area contributed by atoms with Crippen molar-refractivity contribution in [1.82, 2.24) is 9.88 Å². The quantitative estimate of drug-likeness (QED) is 0.690. The minimum Gasteiger partial charge on any atom is -0.486 e. The van der Waals surface area contributed by atoms with Crippen molar-refractivity contribution in [3.8, 4) is 5.75 Å². The third kappa shape index (κ3) is 4.64. The molecule has 1 fully saturated rings. The Morgan fingerprint density at radius 1 is 1.31 bits per heavy atom. The smallest absolute Gasteiger partial charge is 0.226 e. The van der Waals surface area contributed by atoms with E-state index in [-0.39, 0.29) is 12.0 Å². The highest BCUT2D eigenvalue weighted by Crippen LogP contribution is 2.28. The Kier molecular flexibility index (Phi) is 6.30. The van der Waals surface area contributed by atoms with Crippen molar-refractivity contribution in [2.24, 2.45) is 5.92 Å². The van der Waals surface area contributed by atoms with E-state index in [1.807, 2.05) is 41.5 Å². The van der Waals surface area contributed by atoms with Gasteiger partial charge < -0.3 is 9.64 Å². The van der Waals surface area contributed by atoms with Gasteiger partial charge in [-0.2, -0.15) is 0 Å². The predicted molar refractivity (Wildman–Crippen MR) is 105 cm³/mol. The van der Waals surface area contributed by atoms with Gasteiger partial charge in [0.15, 0.2) is 0 Å². The molecular weight excluding hydrogens is 344 g/mol. The zero-order valence-corrected chi connectivity index (χ0v) is 16.7. The summed E-state index contributed by atoms with van der Waals surface area (Å²) in [4.78, 5) is 19.5. The lowest BCUT2D eigenvalue weighted by atomic mass is 10.1. The van der Waals surface area contributed by atoms with Crippen molar-refractivity contribution in [3.05, 3.63) is 45.9 Å². The molecule has 0 bridgehead atoms. The van der Waals surface area contributed by atoms with Crippen LogP contribution in [-0.2, 0) is 17.9 Å². The molecule has 0 saturated heterocycles. The molecule has 0 aliphatic heterocycles. The SMILES string of the molecule is Cc1ccccc1OCc1nc(CN(C(=O)C2CCCC2)C(C)C)cs1. The van der Waals surface area contributed by atoms with Crippen molar-refractivity contribution in [3.63, 3.8) is 0 Å². The van der Waals surface area contributed by atoms with Crippen molar-refractivity contribution in [1.29, 1.82) is 0 Å². The number of nitrogens with zero attached hydrogens (tertiary/aromatic N) is 2. The Labute approximate surface area is 160 Å². The molecule has 0 radical (unpaired) electrons. The summed E-state index contributed by atoms with van der Waals surface area (Å²) in [5, 5.41) is 2.99. The first-order valence-corrected chi connectivity index (χ1v) is 10.3. The van der Waals surface area contributed by atoms with Crippen molar-refractivity contribution >= 4 is 17.2 Å². The fourth-order valence-corrected chi connectivity index (χ4v) is 4.14. The van der Waals surface area contributed by atoms with E-state index in [2.05, 4.69) is 18.8 Å². The summed E-state index contributed by atoms with van der Waals surface area (Å²) < 4.78 is 5.88. The van der Waals surface area contributed by atoms with E-state index in [0.717, 1.165) is 34.9 Å². The molecule has 0 unspecified atom stereocenters. The molecule has 3 rings (SSSR count). The lowest BCUT2D eigenvalue weighted by Gasteiger charge is -2.28. The minimum atomic E-state index is 0.191. The average molecular weight is 373 g/mol. The van der Waals surface area contributed by atoms with Gasteiger partial charge in [0.2, 0.25) is 5.91 Å². The van der Waals surface area contributed by atoms with Crippen molar-refractivity contribution < 1.29 is 9.53 Å². The molecular formula is C21H28N2O2S. The Bertz CT molecular complexity index is 735. The molecule has 26 heavy (non-hydrogen) atoms. The Hall–Kier alpha value is -1.88. The number of thiazole rings is 1. The van der Waals surface area contributed by atoms with Crippen LogP contribution in [-0.4, -0.2) is 21.8 Å². The second-order valence-electron chi connectivity index (χ2n) is 7.33. The molecule has 140 valence electrons. The number of carbonyl (C=O) groups is 1. The van der Waals surface area contributed by atoms with E-state index < -0.39 is 0 Å². The largest absolute Gasteiger partial charge is 0.486 e. The van der Waals surface area contributed by atoms with Gasteiger partial charge in [0.1, 0.15) is 17.4 Å². The normalized spacial score (nSPS) is 14.8. The lowest BCUT2D eigenvalue weighted by molar-refractivity contribution is -0.137. The number of ether oxygens (including phenoxy) is 1. The second kappa shape index (κ2) is 8.67. The molecule has 4 nitrogen and oxygen atoms in total. The highest BCUT2D eigenvalue weighted by atomic mass is 32.1. The average Bonchev–Trinajstić information content (AvgIpc) is 3.30. The first-order valence-electron chi connectivity index (χ1n) is 9.47. The van der Waals surface area contributed by atoms with E-state index in [0.29, 0.717) is 19.1 Å². The van der Waals surface area contributed by atoms with Gasteiger partial charge in [-0.1, -0.05) is 31.0 Å². The maximum Gasteiger partial charge on any atom is 0.226 e. The van der Waals surface area contributed by atoms with Crippen LogP contribution in [0, 0.1) is 12.8 Å². The van der Waals surface area contributed by atoms with Gasteiger partial charge >= 0.3 is 0 Å². The number of aryl methyl sites for hydroxylation is 1. The molecule has 1 saturated carbocycles. The molecule has 1 aliphatic rings. The highest BCUT2D eigenvalue weighted by molar-refractivity contribution is 7.09. The highest BCUT2D eigenvalue weighted by Gasteiger charge is 2.29. The van der Waals surface area contributed by atoms with Gasteiger partial charge in [-0.15, -0.1) is 11.3 Å². The summed E-state index contributed by atoms with van der Waals surface area (Å²) in [6.07, 6.45) is 4.43. The number of aromatic nitrogens is 1. The van der Waals surface area contributed by atoms with E-state index in [1.54, 1.807) is 11.3 Å². The fourth-order valence-electron chi connectivity index (χ4n) is 3.44. The standard InChI is InChI=1S/C21H28N2O2S/c1-15(2)23(21(24)17-9-5-6-10-17)12-18-14-26-20(22-18)13-25-19-11-7-4-8-16(19)3/h4,7-8,11,14-15,17H,5-6,9-10,12-13H2,1-3H3. The zero-order chi connectivity index (χ0) is 18.5. The number of hydrogen-bond donors (Lipinski definition) is 0. The van der Waals surface area contributed by atoms with Gasteiger partial charge in [-0.3, -0.25) is 4.79 Å². The van der Waals surface area contributed by atoms with Crippen LogP contribution in [0.5, 0.6) is 5.75 Å². The summed E-state index contributed by atoms with van der Waals surface area (Å²) in [6.45, 7) is 7.27. The van der Waals surface area contributed by atoms with E-state index in [4.69, 9.17) is 4.74 Å². The Morgan fingerprint density at radius 2 is 2.04 bits per heavy atom. The number of rotatable bonds is 7. The van der Waals surface area contributed by atoms with E-state index in [9.17, 15) is 4.79 Å². The summed E-state index contributed by atoms with van der Waals surface area (Å²) >= 11 is 1.60. The summed E-state index contributed by atoms with van der Waals surface area (Å²) in [7, 11) is 0. The molecule has 0 N–H and O–H groups in total. The van der Waals surface area contributed by atoms with Gasteiger partial charge in [-0.25, -0.2) is 4.98 Å². The molecule has 5 heteroatoms. The van der Waals surface area contributed by atoms with E-state index in [1.165, 1.54) is 12.8 Å². The maximum absolute atomic E-state index is 12.8.